The molecule has 2 aromatic rings. The SMILES string of the molecule is COC(=O)C1CCCCN1Cc1nc2ccccc2[nH]1. The molecular weight excluding hydrogens is 254 g/mol. The molecule has 0 radical (unpaired) electrons. The maximum Gasteiger partial charge on any atom is 0.323 e. The second kappa shape index (κ2) is 5.63. The minimum atomic E-state index is -0.138. The van der Waals surface area contributed by atoms with Gasteiger partial charge in [0.15, 0.2) is 0 Å². The predicted octanol–water partition coefficient (Wildman–Crippen LogP) is 2.09. The van der Waals surface area contributed by atoms with Crippen molar-refractivity contribution in [2.24, 2.45) is 0 Å². The van der Waals surface area contributed by atoms with Gasteiger partial charge in [-0.05, 0) is 31.5 Å². The lowest BCUT2D eigenvalue weighted by Gasteiger charge is -2.32. The van der Waals surface area contributed by atoms with Crippen LogP contribution in [0.1, 0.15) is 25.1 Å². The summed E-state index contributed by atoms with van der Waals surface area (Å²) < 4.78 is 4.91. The van der Waals surface area contributed by atoms with Gasteiger partial charge in [0.25, 0.3) is 0 Å². The molecule has 0 bridgehead atoms. The Kier molecular flexibility index (Phi) is 3.69. The smallest absolute Gasteiger partial charge is 0.323 e. The highest BCUT2D eigenvalue weighted by Gasteiger charge is 2.29. The zero-order valence-corrected chi connectivity index (χ0v) is 11.6. The average molecular weight is 273 g/mol. The van der Waals surface area contributed by atoms with E-state index >= 15 is 0 Å². The summed E-state index contributed by atoms with van der Waals surface area (Å²) >= 11 is 0. The van der Waals surface area contributed by atoms with Crippen LogP contribution in [0, 0.1) is 0 Å². The number of fused-ring (bicyclic) bond motifs is 1. The molecule has 0 spiro atoms. The summed E-state index contributed by atoms with van der Waals surface area (Å²) in [6.07, 6.45) is 3.07. The predicted molar refractivity (Wildman–Crippen MR) is 76.2 cm³/mol. The summed E-state index contributed by atoms with van der Waals surface area (Å²) in [6, 6.07) is 7.83. The van der Waals surface area contributed by atoms with Gasteiger partial charge in [0.05, 0.1) is 24.7 Å². The summed E-state index contributed by atoms with van der Waals surface area (Å²) in [7, 11) is 1.45. The van der Waals surface area contributed by atoms with Gasteiger partial charge < -0.3 is 9.72 Å². The van der Waals surface area contributed by atoms with Crippen LogP contribution in [0.25, 0.3) is 11.0 Å². The lowest BCUT2D eigenvalue weighted by Crippen LogP contribution is -2.44. The number of benzene rings is 1. The zero-order chi connectivity index (χ0) is 13.9. The molecule has 0 aliphatic carbocycles. The molecule has 1 fully saturated rings. The molecule has 1 aliphatic heterocycles. The number of imidazole rings is 1. The summed E-state index contributed by atoms with van der Waals surface area (Å²) in [6.45, 7) is 1.57. The van der Waals surface area contributed by atoms with Gasteiger partial charge in [-0.1, -0.05) is 18.6 Å². The molecule has 1 unspecified atom stereocenters. The van der Waals surface area contributed by atoms with E-state index in [2.05, 4.69) is 14.9 Å². The van der Waals surface area contributed by atoms with Crippen LogP contribution in [-0.2, 0) is 16.1 Å². The minimum absolute atomic E-state index is 0.137. The van der Waals surface area contributed by atoms with Crippen LogP contribution in [-0.4, -0.2) is 40.5 Å². The molecule has 1 N–H and O–H groups in total. The van der Waals surface area contributed by atoms with E-state index < -0.39 is 0 Å². The Labute approximate surface area is 117 Å². The number of methoxy groups -OCH3 is 1. The molecule has 5 nitrogen and oxygen atoms in total. The second-order valence-electron chi connectivity index (χ2n) is 5.21. The number of para-hydroxylation sites is 2. The number of H-pyrrole nitrogens is 1. The van der Waals surface area contributed by atoms with Crippen molar-refractivity contribution < 1.29 is 9.53 Å². The Morgan fingerprint density at radius 3 is 3.10 bits per heavy atom. The maximum atomic E-state index is 11.8. The van der Waals surface area contributed by atoms with Crippen molar-refractivity contribution in [1.29, 1.82) is 0 Å². The number of hydrogen-bond donors (Lipinski definition) is 1. The van der Waals surface area contributed by atoms with Gasteiger partial charge in [-0.25, -0.2) is 4.98 Å². The lowest BCUT2D eigenvalue weighted by molar-refractivity contribution is -0.148. The first kappa shape index (κ1) is 13.1. The number of nitrogens with one attached hydrogen (secondary N) is 1. The van der Waals surface area contributed by atoms with Crippen LogP contribution in [0.4, 0.5) is 0 Å². The van der Waals surface area contributed by atoms with E-state index in [1.54, 1.807) is 0 Å². The molecule has 5 heteroatoms. The van der Waals surface area contributed by atoms with E-state index in [0.717, 1.165) is 42.7 Å². The van der Waals surface area contributed by atoms with E-state index in [1.165, 1.54) is 7.11 Å². The molecule has 2 heterocycles. The summed E-state index contributed by atoms with van der Waals surface area (Å²) in [4.78, 5) is 21.9. The summed E-state index contributed by atoms with van der Waals surface area (Å²) in [5.74, 6) is 0.766. The zero-order valence-electron chi connectivity index (χ0n) is 11.6. The molecule has 1 aromatic heterocycles. The molecule has 106 valence electrons. The molecule has 0 saturated carbocycles. The maximum absolute atomic E-state index is 11.8. The number of likely N-dealkylation sites (tertiary alicyclic amines) is 1. The van der Waals surface area contributed by atoms with Gasteiger partial charge in [0.1, 0.15) is 11.9 Å². The molecule has 3 rings (SSSR count). The van der Waals surface area contributed by atoms with E-state index in [9.17, 15) is 4.79 Å². The fourth-order valence-corrected chi connectivity index (χ4v) is 2.86. The van der Waals surface area contributed by atoms with Gasteiger partial charge in [-0.15, -0.1) is 0 Å². The molecular formula is C15H19N3O2. The Morgan fingerprint density at radius 2 is 2.30 bits per heavy atom. The van der Waals surface area contributed by atoms with E-state index in [4.69, 9.17) is 4.74 Å². The first-order valence-electron chi connectivity index (χ1n) is 7.03. The third kappa shape index (κ3) is 2.54. The number of hydrogen-bond acceptors (Lipinski definition) is 4. The molecule has 1 atom stereocenters. The van der Waals surface area contributed by atoms with Crippen LogP contribution < -0.4 is 0 Å². The highest BCUT2D eigenvalue weighted by atomic mass is 16.5. The fraction of sp³-hybridized carbons (Fsp3) is 0.467. The molecule has 1 saturated heterocycles. The summed E-state index contributed by atoms with van der Waals surface area (Å²) in [5.41, 5.74) is 2.00. The fourth-order valence-electron chi connectivity index (χ4n) is 2.86. The topological polar surface area (TPSA) is 58.2 Å². The Balaban J connectivity index is 1.79. The minimum Gasteiger partial charge on any atom is -0.468 e. The summed E-state index contributed by atoms with van der Waals surface area (Å²) in [5, 5.41) is 0. The number of aromatic nitrogens is 2. The number of ether oxygens (including phenoxy) is 1. The van der Waals surface area contributed by atoms with Crippen LogP contribution in [0.2, 0.25) is 0 Å². The number of esters is 1. The molecule has 0 amide bonds. The number of carbonyl (C=O) groups excluding carboxylic acids is 1. The number of aromatic amines is 1. The van der Waals surface area contributed by atoms with Gasteiger partial charge in [-0.3, -0.25) is 9.69 Å². The second-order valence-corrected chi connectivity index (χ2v) is 5.21. The van der Waals surface area contributed by atoms with Crippen LogP contribution >= 0.6 is 0 Å². The van der Waals surface area contributed by atoms with Crippen molar-refractivity contribution in [1.82, 2.24) is 14.9 Å². The first-order valence-corrected chi connectivity index (χ1v) is 7.03. The average Bonchev–Trinajstić information content (AvgIpc) is 2.89. The van der Waals surface area contributed by atoms with Crippen molar-refractivity contribution >= 4 is 17.0 Å². The molecule has 1 aliphatic rings. The van der Waals surface area contributed by atoms with Gasteiger partial charge in [-0.2, -0.15) is 0 Å². The van der Waals surface area contributed by atoms with Gasteiger partial charge in [0.2, 0.25) is 0 Å². The Bertz CT molecular complexity index is 575. The van der Waals surface area contributed by atoms with Crippen LogP contribution in [0.15, 0.2) is 24.3 Å². The third-order valence-corrected chi connectivity index (χ3v) is 3.88. The standard InChI is InChI=1S/C15H19N3O2/c1-20-15(19)13-8-4-5-9-18(13)10-14-16-11-6-2-3-7-12(11)17-14/h2-3,6-7,13H,4-5,8-10H2,1H3,(H,16,17). The highest BCUT2D eigenvalue weighted by molar-refractivity contribution is 5.76. The van der Waals surface area contributed by atoms with E-state index in [1.807, 2.05) is 24.3 Å². The van der Waals surface area contributed by atoms with Gasteiger partial charge in [0, 0.05) is 0 Å². The van der Waals surface area contributed by atoms with Crippen LogP contribution in [0.5, 0.6) is 0 Å². The number of piperidine rings is 1. The quantitative estimate of drug-likeness (QED) is 0.870. The number of rotatable bonds is 3. The Hall–Kier alpha value is -1.88. The van der Waals surface area contributed by atoms with Crippen molar-refractivity contribution in [3.05, 3.63) is 30.1 Å². The monoisotopic (exact) mass is 273 g/mol. The van der Waals surface area contributed by atoms with Gasteiger partial charge >= 0.3 is 5.97 Å². The van der Waals surface area contributed by atoms with E-state index in [0.29, 0.717) is 6.54 Å². The van der Waals surface area contributed by atoms with Crippen molar-refractivity contribution in [2.75, 3.05) is 13.7 Å². The lowest BCUT2D eigenvalue weighted by atomic mass is 10.0. The van der Waals surface area contributed by atoms with Crippen LogP contribution in [0.3, 0.4) is 0 Å². The van der Waals surface area contributed by atoms with Crippen molar-refractivity contribution in [2.45, 2.75) is 31.8 Å². The first-order chi connectivity index (χ1) is 9.78. The highest BCUT2D eigenvalue weighted by Crippen LogP contribution is 2.21. The largest absolute Gasteiger partial charge is 0.468 e. The normalized spacial score (nSPS) is 20.1. The van der Waals surface area contributed by atoms with E-state index in [-0.39, 0.29) is 12.0 Å². The van der Waals surface area contributed by atoms with Crippen molar-refractivity contribution in [3.8, 4) is 0 Å². The number of nitrogens with zero attached hydrogens (tertiary/aromatic N) is 2. The Morgan fingerprint density at radius 1 is 1.45 bits per heavy atom. The molecule has 1 aromatic carbocycles. The molecule has 20 heavy (non-hydrogen) atoms. The third-order valence-electron chi connectivity index (χ3n) is 3.88. The number of carbonyl (C=O) groups is 1. The van der Waals surface area contributed by atoms with Crippen molar-refractivity contribution in [3.63, 3.8) is 0 Å².